The van der Waals surface area contributed by atoms with E-state index in [-0.39, 0.29) is 5.41 Å². The van der Waals surface area contributed by atoms with Crippen molar-refractivity contribution in [2.75, 3.05) is 14.2 Å². The van der Waals surface area contributed by atoms with Gasteiger partial charge in [-0.05, 0) is 30.0 Å². The smallest absolute Gasteiger partial charge is 0.192 e. The van der Waals surface area contributed by atoms with E-state index in [0.717, 1.165) is 5.56 Å². The molecule has 0 amide bonds. The number of benzene rings is 1. The van der Waals surface area contributed by atoms with Crippen LogP contribution in [0.1, 0.15) is 38.8 Å². The van der Waals surface area contributed by atoms with Crippen LogP contribution in [0.25, 0.3) is 0 Å². The van der Waals surface area contributed by atoms with Crippen LogP contribution in [0.2, 0.25) is 5.02 Å². The lowest BCUT2D eigenvalue weighted by Crippen LogP contribution is -2.27. The zero-order valence-electron chi connectivity index (χ0n) is 11.4. The van der Waals surface area contributed by atoms with Gasteiger partial charge in [0.05, 0.1) is 0 Å². The van der Waals surface area contributed by atoms with E-state index in [1.165, 1.54) is 5.56 Å². The zero-order valence-corrected chi connectivity index (χ0v) is 12.2. The molecule has 0 radical (unpaired) electrons. The van der Waals surface area contributed by atoms with Gasteiger partial charge >= 0.3 is 0 Å². The topological polar surface area (TPSA) is 18.5 Å². The summed E-state index contributed by atoms with van der Waals surface area (Å²) in [5.74, 6) is -0.807. The van der Waals surface area contributed by atoms with Crippen molar-refractivity contribution in [2.24, 2.45) is 0 Å². The molecule has 0 aliphatic heterocycles. The van der Waals surface area contributed by atoms with Crippen LogP contribution in [0.15, 0.2) is 18.2 Å². The maximum Gasteiger partial charge on any atom is 0.192 e. The van der Waals surface area contributed by atoms with E-state index >= 15 is 0 Å². The molecule has 0 N–H and O–H groups in total. The quantitative estimate of drug-likeness (QED) is 0.758. The fraction of sp³-hybridized carbons (Fsp3) is 0.571. The number of halogens is 1. The van der Waals surface area contributed by atoms with Crippen molar-refractivity contribution in [3.8, 4) is 0 Å². The van der Waals surface area contributed by atoms with Crippen molar-refractivity contribution in [3.63, 3.8) is 0 Å². The molecule has 3 heteroatoms. The molecule has 17 heavy (non-hydrogen) atoms. The molecule has 0 spiro atoms. The summed E-state index contributed by atoms with van der Waals surface area (Å²) in [6.45, 7) is 8.35. The Morgan fingerprint density at radius 1 is 1.00 bits per heavy atom. The lowest BCUT2D eigenvalue weighted by molar-refractivity contribution is -0.201. The molecule has 0 aliphatic rings. The van der Waals surface area contributed by atoms with Crippen LogP contribution in [-0.2, 0) is 20.7 Å². The van der Waals surface area contributed by atoms with Crippen molar-refractivity contribution in [3.05, 3.63) is 34.3 Å². The Balaban J connectivity index is 3.33. The van der Waals surface area contributed by atoms with Crippen LogP contribution in [-0.4, -0.2) is 14.2 Å². The van der Waals surface area contributed by atoms with Gasteiger partial charge in [-0.25, -0.2) is 0 Å². The summed E-state index contributed by atoms with van der Waals surface area (Å²) in [5, 5.41) is 0.657. The predicted molar refractivity (Wildman–Crippen MR) is 71.5 cm³/mol. The van der Waals surface area contributed by atoms with Gasteiger partial charge in [0, 0.05) is 24.8 Å². The first-order valence-electron chi connectivity index (χ1n) is 5.65. The lowest BCUT2D eigenvalue weighted by atomic mass is 9.85. The molecule has 0 heterocycles. The molecule has 0 saturated carbocycles. The molecular formula is C14H21ClO2. The van der Waals surface area contributed by atoms with Gasteiger partial charge in [0.2, 0.25) is 0 Å². The molecule has 0 aromatic heterocycles. The zero-order chi connectivity index (χ0) is 13.3. The molecule has 1 aromatic carbocycles. The lowest BCUT2D eigenvalue weighted by Gasteiger charge is -2.29. The Bertz CT molecular complexity index is 390. The molecule has 0 bridgehead atoms. The summed E-state index contributed by atoms with van der Waals surface area (Å²) in [7, 11) is 3.23. The normalized spacial score (nSPS) is 12.9. The molecule has 0 saturated heterocycles. The van der Waals surface area contributed by atoms with Crippen LogP contribution >= 0.6 is 11.6 Å². The average molecular weight is 257 g/mol. The van der Waals surface area contributed by atoms with Crippen LogP contribution in [0.4, 0.5) is 0 Å². The van der Waals surface area contributed by atoms with Crippen LogP contribution in [0.3, 0.4) is 0 Å². The maximum absolute atomic E-state index is 6.23. The number of methoxy groups -OCH3 is 2. The molecule has 1 rings (SSSR count). The second-order valence-corrected chi connectivity index (χ2v) is 5.71. The Morgan fingerprint density at radius 3 is 1.94 bits per heavy atom. The molecule has 96 valence electrons. The largest absolute Gasteiger partial charge is 0.349 e. The summed E-state index contributed by atoms with van der Waals surface area (Å²) in [6.07, 6.45) is 0. The minimum atomic E-state index is -0.807. The first kappa shape index (κ1) is 14.5. The third-order valence-corrected chi connectivity index (χ3v) is 3.43. The minimum Gasteiger partial charge on any atom is -0.349 e. The molecule has 0 unspecified atom stereocenters. The van der Waals surface area contributed by atoms with E-state index in [2.05, 4.69) is 26.8 Å². The number of ether oxygens (including phenoxy) is 2. The summed E-state index contributed by atoms with van der Waals surface area (Å²) >= 11 is 6.23. The van der Waals surface area contributed by atoms with Gasteiger partial charge in [-0.2, -0.15) is 0 Å². The third-order valence-electron chi connectivity index (χ3n) is 3.10. The van der Waals surface area contributed by atoms with Crippen molar-refractivity contribution in [2.45, 2.75) is 38.9 Å². The first-order chi connectivity index (χ1) is 7.74. The van der Waals surface area contributed by atoms with Crippen LogP contribution in [0.5, 0.6) is 0 Å². The van der Waals surface area contributed by atoms with E-state index in [4.69, 9.17) is 21.1 Å². The average Bonchev–Trinajstić information content (AvgIpc) is 2.27. The molecule has 0 aliphatic carbocycles. The number of rotatable bonds is 3. The highest BCUT2D eigenvalue weighted by Gasteiger charge is 2.29. The van der Waals surface area contributed by atoms with E-state index in [9.17, 15) is 0 Å². The highest BCUT2D eigenvalue weighted by atomic mass is 35.5. The van der Waals surface area contributed by atoms with Crippen molar-refractivity contribution in [1.29, 1.82) is 0 Å². The van der Waals surface area contributed by atoms with Gasteiger partial charge in [0.15, 0.2) is 5.79 Å². The van der Waals surface area contributed by atoms with Gasteiger partial charge in [0.25, 0.3) is 0 Å². The van der Waals surface area contributed by atoms with Crippen molar-refractivity contribution < 1.29 is 9.47 Å². The minimum absolute atomic E-state index is 0.0712. The molecule has 0 atom stereocenters. The van der Waals surface area contributed by atoms with Gasteiger partial charge in [0.1, 0.15) is 0 Å². The van der Waals surface area contributed by atoms with E-state index in [1.807, 2.05) is 19.1 Å². The summed E-state index contributed by atoms with van der Waals surface area (Å²) in [5.41, 5.74) is 2.13. The number of hydrogen-bond donors (Lipinski definition) is 0. The van der Waals surface area contributed by atoms with Crippen LogP contribution < -0.4 is 0 Å². The Kier molecular flexibility index (Phi) is 4.23. The van der Waals surface area contributed by atoms with E-state index in [0.29, 0.717) is 5.02 Å². The fourth-order valence-electron chi connectivity index (χ4n) is 1.64. The highest BCUT2D eigenvalue weighted by molar-refractivity contribution is 6.31. The Labute approximate surface area is 109 Å². The Hall–Kier alpha value is -0.570. The van der Waals surface area contributed by atoms with E-state index in [1.54, 1.807) is 14.2 Å². The second-order valence-electron chi connectivity index (χ2n) is 5.30. The highest BCUT2D eigenvalue weighted by Crippen LogP contribution is 2.35. The molecule has 0 fully saturated rings. The standard InChI is InChI=1S/C14H21ClO2/c1-13(2,3)10-7-8-12(15)11(9-10)14(4,16-5)17-6/h7-9H,1-6H3. The Morgan fingerprint density at radius 2 is 1.53 bits per heavy atom. The SMILES string of the molecule is COC(C)(OC)c1cc(C(C)(C)C)ccc1Cl. The van der Waals surface area contributed by atoms with E-state index < -0.39 is 5.79 Å². The third kappa shape index (κ3) is 3.01. The van der Waals surface area contributed by atoms with Gasteiger partial charge in [-0.1, -0.05) is 38.4 Å². The predicted octanol–water partition coefficient (Wildman–Crippen LogP) is 4.10. The molecule has 2 nitrogen and oxygen atoms in total. The van der Waals surface area contributed by atoms with Crippen molar-refractivity contribution in [1.82, 2.24) is 0 Å². The number of hydrogen-bond acceptors (Lipinski definition) is 2. The molecule has 1 aromatic rings. The summed E-state index contributed by atoms with van der Waals surface area (Å²) in [6, 6.07) is 5.99. The van der Waals surface area contributed by atoms with Gasteiger partial charge in [-0.15, -0.1) is 0 Å². The maximum atomic E-state index is 6.23. The summed E-state index contributed by atoms with van der Waals surface area (Å²) < 4.78 is 10.8. The van der Waals surface area contributed by atoms with Gasteiger partial charge in [-0.3, -0.25) is 0 Å². The fourth-order valence-corrected chi connectivity index (χ4v) is 1.93. The summed E-state index contributed by atoms with van der Waals surface area (Å²) in [4.78, 5) is 0. The second kappa shape index (κ2) is 4.97. The van der Waals surface area contributed by atoms with Gasteiger partial charge < -0.3 is 9.47 Å². The van der Waals surface area contributed by atoms with Crippen molar-refractivity contribution >= 4 is 11.6 Å². The monoisotopic (exact) mass is 256 g/mol. The van der Waals surface area contributed by atoms with Crippen LogP contribution in [0, 0.1) is 0 Å². The first-order valence-corrected chi connectivity index (χ1v) is 6.03. The molecular weight excluding hydrogens is 236 g/mol.